The summed E-state index contributed by atoms with van der Waals surface area (Å²) in [5, 5.41) is 15.7. The minimum Gasteiger partial charge on any atom is -0.338 e. The lowest BCUT2D eigenvalue weighted by molar-refractivity contribution is 0.384. The molecule has 0 amide bonds. The molecule has 0 aromatic carbocycles. The predicted molar refractivity (Wildman–Crippen MR) is 56.7 cm³/mol. The zero-order valence-electron chi connectivity index (χ0n) is 9.12. The molecule has 0 saturated heterocycles. The third-order valence-electron chi connectivity index (χ3n) is 1.89. The predicted octanol–water partition coefficient (Wildman–Crippen LogP) is 0.838. The molecule has 2 aromatic heterocycles. The van der Waals surface area contributed by atoms with Gasteiger partial charge in [0.1, 0.15) is 0 Å². The van der Waals surface area contributed by atoms with Crippen LogP contribution in [-0.4, -0.2) is 30.3 Å². The van der Waals surface area contributed by atoms with Crippen molar-refractivity contribution in [3.63, 3.8) is 0 Å². The quantitative estimate of drug-likeness (QED) is 0.716. The highest BCUT2D eigenvalue weighted by Gasteiger charge is 2.08. The number of tetrazole rings is 1. The summed E-state index contributed by atoms with van der Waals surface area (Å²) in [5.41, 5.74) is 0. The van der Waals surface area contributed by atoms with Gasteiger partial charge in [0.05, 0.1) is 5.75 Å². The maximum atomic E-state index is 5.10. The molecule has 0 fully saturated rings. The fraction of sp³-hybridized carbons (Fsp3) is 0.625. The Kier molecular flexibility index (Phi) is 3.50. The van der Waals surface area contributed by atoms with Gasteiger partial charge in [-0.05, 0) is 16.8 Å². The van der Waals surface area contributed by atoms with Crippen LogP contribution in [0.5, 0.6) is 0 Å². The van der Waals surface area contributed by atoms with Crippen molar-refractivity contribution in [3.05, 3.63) is 11.7 Å². The van der Waals surface area contributed by atoms with Crippen molar-refractivity contribution >= 4 is 11.8 Å². The number of aryl methyl sites for hydroxylation is 2. The van der Waals surface area contributed by atoms with Crippen LogP contribution in [0.15, 0.2) is 9.68 Å². The fourth-order valence-electron chi connectivity index (χ4n) is 1.14. The van der Waals surface area contributed by atoms with E-state index in [1.54, 1.807) is 11.7 Å². The van der Waals surface area contributed by atoms with Gasteiger partial charge in [-0.2, -0.15) is 4.98 Å². The molecule has 16 heavy (non-hydrogen) atoms. The van der Waals surface area contributed by atoms with E-state index in [-0.39, 0.29) is 0 Å². The molecule has 0 radical (unpaired) electrons. The Hall–Kier alpha value is -1.44. The van der Waals surface area contributed by atoms with Gasteiger partial charge >= 0.3 is 0 Å². The van der Waals surface area contributed by atoms with E-state index in [1.807, 2.05) is 0 Å². The van der Waals surface area contributed by atoms with Crippen molar-refractivity contribution < 1.29 is 4.52 Å². The second kappa shape index (κ2) is 5.06. The first kappa shape index (κ1) is 11.1. The third kappa shape index (κ3) is 2.57. The fourth-order valence-corrected chi connectivity index (χ4v) is 1.83. The number of rotatable bonds is 5. The Balaban J connectivity index is 1.92. The zero-order valence-corrected chi connectivity index (χ0v) is 9.94. The molecular weight excluding hydrogens is 228 g/mol. The van der Waals surface area contributed by atoms with Gasteiger partial charge in [-0.1, -0.05) is 23.8 Å². The summed E-state index contributed by atoms with van der Waals surface area (Å²) in [4.78, 5) is 4.25. The Morgan fingerprint density at radius 2 is 2.31 bits per heavy atom. The van der Waals surface area contributed by atoms with Crippen LogP contribution >= 0.6 is 11.8 Å². The van der Waals surface area contributed by atoms with Gasteiger partial charge < -0.3 is 4.52 Å². The number of aromatic nitrogens is 6. The minimum atomic E-state index is 0.588. The summed E-state index contributed by atoms with van der Waals surface area (Å²) in [5.74, 6) is 1.95. The Morgan fingerprint density at radius 3 is 3.00 bits per heavy atom. The number of hydrogen-bond acceptors (Lipinski definition) is 7. The highest BCUT2D eigenvalue weighted by Crippen LogP contribution is 2.17. The molecule has 0 saturated carbocycles. The average molecular weight is 240 g/mol. The van der Waals surface area contributed by atoms with Crippen molar-refractivity contribution in [2.45, 2.75) is 30.7 Å². The van der Waals surface area contributed by atoms with Crippen LogP contribution in [0.1, 0.15) is 25.1 Å². The van der Waals surface area contributed by atoms with Gasteiger partial charge in [-0.15, -0.1) is 5.10 Å². The summed E-state index contributed by atoms with van der Waals surface area (Å²) in [6, 6.07) is 0. The third-order valence-corrected chi connectivity index (χ3v) is 2.89. The van der Waals surface area contributed by atoms with Gasteiger partial charge in [-0.3, -0.25) is 0 Å². The summed E-state index contributed by atoms with van der Waals surface area (Å²) < 4.78 is 6.70. The molecule has 8 heteroatoms. The molecule has 0 aliphatic rings. The van der Waals surface area contributed by atoms with Crippen molar-refractivity contribution in [2.75, 3.05) is 0 Å². The molecular formula is C8H12N6OS. The first-order valence-electron chi connectivity index (χ1n) is 4.96. The van der Waals surface area contributed by atoms with E-state index in [1.165, 1.54) is 11.8 Å². The number of nitrogens with zero attached hydrogens (tertiary/aromatic N) is 6. The smallest absolute Gasteiger partial charge is 0.237 e. The first-order chi connectivity index (χ1) is 7.79. The topological polar surface area (TPSA) is 82.5 Å². The molecule has 2 heterocycles. The first-order valence-corrected chi connectivity index (χ1v) is 5.94. The standard InChI is InChI=1S/C8H12N6OS/c1-3-4-6-9-7(15-11-6)5-16-8-10-12-13-14(8)2/h3-5H2,1-2H3. The molecule has 0 spiro atoms. The minimum absolute atomic E-state index is 0.588. The molecule has 2 aromatic rings. The second-order valence-electron chi connectivity index (χ2n) is 3.23. The summed E-state index contributed by atoms with van der Waals surface area (Å²) in [6.45, 7) is 2.08. The van der Waals surface area contributed by atoms with E-state index < -0.39 is 0 Å². The largest absolute Gasteiger partial charge is 0.338 e. The normalized spacial score (nSPS) is 10.9. The number of hydrogen-bond donors (Lipinski definition) is 0. The Bertz CT molecular complexity index is 453. The van der Waals surface area contributed by atoms with Crippen LogP contribution < -0.4 is 0 Å². The van der Waals surface area contributed by atoms with Crippen LogP contribution in [0.4, 0.5) is 0 Å². The maximum Gasteiger partial charge on any atom is 0.237 e. The SMILES string of the molecule is CCCc1noc(CSc2nnnn2C)n1. The Morgan fingerprint density at radius 1 is 1.44 bits per heavy atom. The van der Waals surface area contributed by atoms with E-state index in [2.05, 4.69) is 32.6 Å². The lowest BCUT2D eigenvalue weighted by Gasteiger charge is -1.93. The van der Waals surface area contributed by atoms with Gasteiger partial charge in [-0.25, -0.2) is 4.68 Å². The molecule has 2 rings (SSSR count). The molecule has 0 unspecified atom stereocenters. The molecule has 0 atom stereocenters. The van der Waals surface area contributed by atoms with Crippen LogP contribution in [0.3, 0.4) is 0 Å². The van der Waals surface area contributed by atoms with Crippen LogP contribution in [-0.2, 0) is 19.2 Å². The van der Waals surface area contributed by atoms with E-state index in [4.69, 9.17) is 4.52 Å². The molecule has 0 aliphatic carbocycles. The molecule has 86 valence electrons. The van der Waals surface area contributed by atoms with Gasteiger partial charge in [0.15, 0.2) is 5.82 Å². The van der Waals surface area contributed by atoms with Crippen molar-refractivity contribution in [1.29, 1.82) is 0 Å². The second-order valence-corrected chi connectivity index (χ2v) is 4.17. The highest BCUT2D eigenvalue weighted by atomic mass is 32.2. The Labute approximate surface area is 96.6 Å². The molecule has 0 aliphatic heterocycles. The van der Waals surface area contributed by atoms with E-state index in [0.717, 1.165) is 23.8 Å². The van der Waals surface area contributed by atoms with E-state index in [0.29, 0.717) is 11.6 Å². The monoisotopic (exact) mass is 240 g/mol. The summed E-state index contributed by atoms with van der Waals surface area (Å²) >= 11 is 1.47. The van der Waals surface area contributed by atoms with Gasteiger partial charge in [0, 0.05) is 13.5 Å². The number of thioether (sulfide) groups is 1. The molecule has 0 bridgehead atoms. The summed E-state index contributed by atoms with van der Waals surface area (Å²) in [7, 11) is 1.79. The highest BCUT2D eigenvalue weighted by molar-refractivity contribution is 7.98. The van der Waals surface area contributed by atoms with Crippen LogP contribution in [0.25, 0.3) is 0 Å². The van der Waals surface area contributed by atoms with Crippen molar-refractivity contribution in [3.8, 4) is 0 Å². The van der Waals surface area contributed by atoms with Gasteiger partial charge in [0.2, 0.25) is 11.0 Å². The lowest BCUT2D eigenvalue weighted by Crippen LogP contribution is -1.93. The van der Waals surface area contributed by atoms with Crippen LogP contribution in [0, 0.1) is 0 Å². The molecule has 0 N–H and O–H groups in total. The molecule has 7 nitrogen and oxygen atoms in total. The van der Waals surface area contributed by atoms with Crippen LogP contribution in [0.2, 0.25) is 0 Å². The van der Waals surface area contributed by atoms with E-state index in [9.17, 15) is 0 Å². The van der Waals surface area contributed by atoms with Crippen molar-refractivity contribution in [1.82, 2.24) is 30.3 Å². The maximum absolute atomic E-state index is 5.10. The van der Waals surface area contributed by atoms with E-state index >= 15 is 0 Å². The summed E-state index contributed by atoms with van der Waals surface area (Å²) in [6.07, 6.45) is 1.86. The van der Waals surface area contributed by atoms with Crippen molar-refractivity contribution in [2.24, 2.45) is 7.05 Å². The van der Waals surface area contributed by atoms with Gasteiger partial charge in [0.25, 0.3) is 0 Å². The lowest BCUT2D eigenvalue weighted by atomic mass is 10.3. The average Bonchev–Trinajstić information content (AvgIpc) is 2.86. The zero-order chi connectivity index (χ0) is 11.4.